The van der Waals surface area contributed by atoms with Crippen LogP contribution in [0.15, 0.2) is 0 Å². The molecule has 0 aromatic rings. The maximum Gasteiger partial charge on any atom is 3.00 e. The van der Waals surface area contributed by atoms with Crippen molar-refractivity contribution in [1.29, 1.82) is 0 Å². The number of nitrogens with zero attached hydrogens (tertiary/aromatic N) is 5. The molecular formula is C20H37GdN5O12+3. The molecule has 0 aliphatic heterocycles. The second-order valence-electron chi connectivity index (χ2n) is 7.80. The number of rotatable bonds is 18. The largest absolute Gasteiger partial charge is 3.00 e. The van der Waals surface area contributed by atoms with Gasteiger partial charge >= 0.3 is 69.8 Å². The fraction of sp³-hybridized carbons (Fsp3) is 0.650. The third-order valence-electron chi connectivity index (χ3n) is 3.68. The molecule has 0 aromatic heterocycles. The molecule has 0 saturated heterocycles. The van der Waals surface area contributed by atoms with Gasteiger partial charge in [0.2, 0.25) is 12.8 Å². The van der Waals surface area contributed by atoms with E-state index in [-0.39, 0.29) is 66.1 Å². The first-order valence-corrected chi connectivity index (χ1v) is 10.5. The van der Waals surface area contributed by atoms with E-state index in [0.717, 1.165) is 22.6 Å². The topological polar surface area (TPSA) is 237 Å². The zero-order valence-electron chi connectivity index (χ0n) is 21.7. The van der Waals surface area contributed by atoms with E-state index in [1.54, 1.807) is 28.2 Å². The molecular weight excluding hydrogens is 659 g/mol. The van der Waals surface area contributed by atoms with Gasteiger partial charge < -0.3 is 35.3 Å². The number of carbonyl (C=O) groups is 7. The smallest absolute Gasteiger partial charge is 0.480 e. The number of carbonyl (C=O) groups excluding carboxylic acids is 2. The quantitative estimate of drug-likeness (QED) is 0.0884. The number of amides is 2. The third-order valence-corrected chi connectivity index (χ3v) is 3.68. The van der Waals surface area contributed by atoms with Crippen LogP contribution in [0.5, 0.6) is 0 Å². The monoisotopic (exact) mass is 697 g/mol. The van der Waals surface area contributed by atoms with Crippen molar-refractivity contribution in [3.8, 4) is 0 Å². The van der Waals surface area contributed by atoms with E-state index in [1.165, 1.54) is 14.7 Å². The Balaban J connectivity index is -0.000000443. The summed E-state index contributed by atoms with van der Waals surface area (Å²) in [6.45, 7) is -2.74. The Morgan fingerprint density at radius 2 is 0.632 bits per heavy atom. The van der Waals surface area contributed by atoms with Crippen LogP contribution in [-0.2, 0) is 33.6 Å². The molecule has 0 rings (SSSR count). The Labute approximate surface area is 252 Å². The Bertz CT molecular complexity index is 655. The van der Waals surface area contributed by atoms with Crippen LogP contribution in [0.25, 0.3) is 0 Å². The van der Waals surface area contributed by atoms with E-state index in [0.29, 0.717) is 0 Å². The summed E-state index contributed by atoms with van der Waals surface area (Å²) in [6, 6.07) is 0. The minimum absolute atomic E-state index is 0. The molecule has 0 aromatic carbocycles. The number of aliphatic carboxylic acids is 5. The van der Waals surface area contributed by atoms with Crippen LogP contribution in [-0.4, -0.2) is 180 Å². The van der Waals surface area contributed by atoms with Gasteiger partial charge in [-0.15, -0.1) is 0 Å². The standard InChI is InChI=1S/C14H23N3O10.2C3H7NO.Gd/c18-10(19)5-15(1-3-16(6-11(20)21)7-12(22)23)2-4-17(8-13(24)25)9-14(26)27;2*1-4(2)3-5;/h1-9H2,(H,18,19)(H,20,21)(H,22,23)(H,24,25)(H,26,27);2*3H,1-2H3;/q;;;+3. The van der Waals surface area contributed by atoms with E-state index in [9.17, 15) is 33.6 Å². The van der Waals surface area contributed by atoms with Crippen LogP contribution in [0.1, 0.15) is 0 Å². The summed E-state index contributed by atoms with van der Waals surface area (Å²) in [6.07, 6.45) is 1.50. The second-order valence-corrected chi connectivity index (χ2v) is 7.80. The Hall–Kier alpha value is -2.51. The molecule has 18 heteroatoms. The average molecular weight is 697 g/mol. The zero-order valence-corrected chi connectivity index (χ0v) is 24.0. The van der Waals surface area contributed by atoms with Gasteiger partial charge in [-0.05, 0) is 0 Å². The van der Waals surface area contributed by atoms with Gasteiger partial charge in [-0.3, -0.25) is 48.3 Å². The van der Waals surface area contributed by atoms with Crippen molar-refractivity contribution in [2.24, 2.45) is 0 Å². The number of carboxylic acids is 5. The SMILES string of the molecule is CN(C)C=O.CN(C)C=O.O=C(O)CN(CCN(CC(=O)O)CC(=O)O)CCN(CC(=O)O)CC(=O)O.[Gd+3]. The van der Waals surface area contributed by atoms with Crippen molar-refractivity contribution >= 4 is 42.7 Å². The number of hydrogen-bond acceptors (Lipinski definition) is 10. The molecule has 1 radical (unpaired) electrons. The van der Waals surface area contributed by atoms with Crippen molar-refractivity contribution in [2.45, 2.75) is 0 Å². The minimum Gasteiger partial charge on any atom is -0.480 e. The molecule has 0 spiro atoms. The molecule has 0 fully saturated rings. The molecule has 5 N–H and O–H groups in total. The molecule has 0 heterocycles. The second kappa shape index (κ2) is 26.1. The molecule has 0 aliphatic carbocycles. The van der Waals surface area contributed by atoms with Crippen molar-refractivity contribution in [3.05, 3.63) is 0 Å². The summed E-state index contributed by atoms with van der Waals surface area (Å²) >= 11 is 0. The van der Waals surface area contributed by atoms with Gasteiger partial charge in [-0.2, -0.15) is 0 Å². The van der Waals surface area contributed by atoms with Gasteiger partial charge in [0, 0.05) is 54.4 Å². The van der Waals surface area contributed by atoms with E-state index >= 15 is 0 Å². The number of carboxylic acid groups (broad SMARTS) is 5. The van der Waals surface area contributed by atoms with Gasteiger partial charge in [-0.25, -0.2) is 0 Å². The average Bonchev–Trinajstić information content (AvgIpc) is 2.74. The maximum absolute atomic E-state index is 11.0. The fourth-order valence-electron chi connectivity index (χ4n) is 2.22. The minimum atomic E-state index is -1.24. The summed E-state index contributed by atoms with van der Waals surface area (Å²) in [5.41, 5.74) is 0. The third kappa shape index (κ3) is 35.7. The van der Waals surface area contributed by atoms with Gasteiger partial charge in [0.15, 0.2) is 0 Å². The predicted octanol–water partition coefficient (Wildman–Crippen LogP) is -3.28. The molecule has 38 heavy (non-hydrogen) atoms. The summed E-state index contributed by atoms with van der Waals surface area (Å²) in [5, 5.41) is 44.1. The van der Waals surface area contributed by atoms with Gasteiger partial charge in [0.1, 0.15) is 0 Å². The molecule has 0 atom stereocenters. The summed E-state index contributed by atoms with van der Waals surface area (Å²) in [4.78, 5) is 79.4. The fourth-order valence-corrected chi connectivity index (χ4v) is 2.22. The molecule has 0 unspecified atom stereocenters. The Morgan fingerprint density at radius 3 is 0.789 bits per heavy atom. The van der Waals surface area contributed by atoms with E-state index < -0.39 is 62.6 Å². The Kier molecular flexibility index (Phi) is 29.3. The zero-order chi connectivity index (χ0) is 29.6. The van der Waals surface area contributed by atoms with Crippen molar-refractivity contribution in [3.63, 3.8) is 0 Å². The van der Waals surface area contributed by atoms with E-state index in [4.69, 9.17) is 25.5 Å². The molecule has 0 aliphatic rings. The maximum atomic E-state index is 11.0. The van der Waals surface area contributed by atoms with Gasteiger partial charge in [0.25, 0.3) is 0 Å². The molecule has 17 nitrogen and oxygen atoms in total. The van der Waals surface area contributed by atoms with Gasteiger partial charge in [-0.1, -0.05) is 0 Å². The normalized spacial score (nSPS) is 9.66. The first kappa shape index (κ1) is 42.6. The molecule has 219 valence electrons. The van der Waals surface area contributed by atoms with Crippen LogP contribution in [0.2, 0.25) is 0 Å². The summed E-state index contributed by atoms with van der Waals surface area (Å²) in [7, 11) is 6.75. The van der Waals surface area contributed by atoms with Crippen LogP contribution in [0.3, 0.4) is 0 Å². The predicted molar refractivity (Wildman–Crippen MR) is 127 cm³/mol. The molecule has 2 amide bonds. The number of hydrogen-bond donors (Lipinski definition) is 5. The van der Waals surface area contributed by atoms with Gasteiger partial charge in [0.05, 0.1) is 32.7 Å². The first-order valence-electron chi connectivity index (χ1n) is 10.5. The van der Waals surface area contributed by atoms with Crippen molar-refractivity contribution < 1.29 is 99.0 Å². The summed E-state index contributed by atoms with van der Waals surface area (Å²) in [5.74, 6) is -6.16. The molecule has 0 saturated carbocycles. The van der Waals surface area contributed by atoms with E-state index in [2.05, 4.69) is 0 Å². The Morgan fingerprint density at radius 1 is 0.474 bits per heavy atom. The van der Waals surface area contributed by atoms with E-state index in [1.807, 2.05) is 0 Å². The molecule has 0 bridgehead atoms. The van der Waals surface area contributed by atoms with Crippen LogP contribution in [0.4, 0.5) is 0 Å². The van der Waals surface area contributed by atoms with Crippen molar-refractivity contribution in [1.82, 2.24) is 24.5 Å². The van der Waals surface area contributed by atoms with Crippen LogP contribution >= 0.6 is 0 Å². The van der Waals surface area contributed by atoms with Crippen molar-refractivity contribution in [2.75, 3.05) is 87.1 Å². The van der Waals surface area contributed by atoms with Crippen LogP contribution < -0.4 is 0 Å². The van der Waals surface area contributed by atoms with Crippen LogP contribution in [0, 0.1) is 39.9 Å². The first-order chi connectivity index (χ1) is 17.0. The summed E-state index contributed by atoms with van der Waals surface area (Å²) < 4.78 is 0.